The maximum atomic E-state index is 11.5. The monoisotopic (exact) mass is 424 g/mol. The van der Waals surface area contributed by atoms with E-state index in [2.05, 4.69) is 31.0 Å². The molecule has 1 unspecified atom stereocenters. The Morgan fingerprint density at radius 3 is 3.00 bits per heavy atom. The zero-order valence-corrected chi connectivity index (χ0v) is 14.5. The normalized spacial score (nSPS) is 30.8. The Kier molecular flexibility index (Phi) is 4.09. The van der Waals surface area contributed by atoms with Crippen LogP contribution in [0.4, 0.5) is 5.82 Å². The molecule has 1 fully saturated rings. The number of nitrogens with two attached hydrogens (primary N) is 1. The van der Waals surface area contributed by atoms with Gasteiger partial charge >= 0.3 is 133 Å². The number of hydrogen-bond donors (Lipinski definition) is 2. The van der Waals surface area contributed by atoms with Gasteiger partial charge in [-0.1, -0.05) is 0 Å². The van der Waals surface area contributed by atoms with Crippen molar-refractivity contribution >= 4 is 46.8 Å². The van der Waals surface area contributed by atoms with Crippen LogP contribution in [0, 0.1) is 0 Å². The van der Waals surface area contributed by atoms with Gasteiger partial charge in [-0.3, -0.25) is 0 Å². The van der Waals surface area contributed by atoms with E-state index in [1.54, 1.807) is 10.4 Å². The summed E-state index contributed by atoms with van der Waals surface area (Å²) in [7, 11) is 0. The van der Waals surface area contributed by atoms with Gasteiger partial charge in [0, 0.05) is 0 Å². The fourth-order valence-electron chi connectivity index (χ4n) is 2.37. The summed E-state index contributed by atoms with van der Waals surface area (Å²) in [5.41, 5.74) is 6.73. The molecule has 0 aromatic carbocycles. The molecule has 8 nitrogen and oxygen atoms in total. The molecule has 1 aliphatic rings. The number of hydrogen-bond acceptors (Lipinski definition) is 7. The van der Waals surface area contributed by atoms with E-state index < -0.39 is 26.2 Å². The van der Waals surface area contributed by atoms with Crippen molar-refractivity contribution in [3.8, 4) is 0 Å². The second-order valence-corrected chi connectivity index (χ2v) is 9.09. The molecule has 0 bridgehead atoms. The summed E-state index contributed by atoms with van der Waals surface area (Å²) in [4.78, 5) is 12.0. The van der Waals surface area contributed by atoms with Crippen LogP contribution in [0.25, 0.3) is 11.2 Å². The van der Waals surface area contributed by atoms with E-state index in [1.165, 1.54) is 12.7 Å². The van der Waals surface area contributed by atoms with Crippen molar-refractivity contribution in [3.63, 3.8) is 0 Å². The van der Waals surface area contributed by atoms with Crippen molar-refractivity contribution in [2.24, 2.45) is 0 Å². The number of aromatic nitrogens is 4. The van der Waals surface area contributed by atoms with Crippen LogP contribution >= 0.6 is 0 Å². The van der Waals surface area contributed by atoms with Gasteiger partial charge in [-0.2, -0.15) is 0 Å². The van der Waals surface area contributed by atoms with Crippen molar-refractivity contribution in [3.05, 3.63) is 12.7 Å². The number of nitrogens with zero attached hydrogens (tertiary/aromatic N) is 4. The molecule has 21 heavy (non-hydrogen) atoms. The summed E-state index contributed by atoms with van der Waals surface area (Å²) in [6.07, 6.45) is 1.18. The maximum absolute atomic E-state index is 11.5. The van der Waals surface area contributed by atoms with E-state index in [9.17, 15) is 8.94 Å². The summed E-state index contributed by atoms with van der Waals surface area (Å²) >= 11 is 1.01. The van der Waals surface area contributed by atoms with Gasteiger partial charge in [-0.15, -0.1) is 0 Å². The van der Waals surface area contributed by atoms with Gasteiger partial charge in [0.15, 0.2) is 0 Å². The number of rotatable bonds is 3. The molecule has 3 rings (SSSR count). The molecular formula is C11H14N5O3Se2. The van der Waals surface area contributed by atoms with Gasteiger partial charge in [0.1, 0.15) is 0 Å². The second-order valence-electron chi connectivity index (χ2n) is 4.84. The number of nitrogen functional groups attached to an aromatic ring is 1. The number of aliphatic hydroxyl groups excluding tert-OH is 1. The number of fused-ring (bicyclic) bond motifs is 1. The van der Waals surface area contributed by atoms with E-state index in [0.717, 1.165) is 0 Å². The quantitative estimate of drug-likeness (QED) is 0.652. The predicted octanol–water partition coefficient (Wildman–Crippen LogP) is -0.324. The van der Waals surface area contributed by atoms with Crippen LogP contribution in [0.15, 0.2) is 12.7 Å². The van der Waals surface area contributed by atoms with Crippen molar-refractivity contribution in [2.75, 3.05) is 5.73 Å². The van der Waals surface area contributed by atoms with E-state index in [0.29, 0.717) is 16.5 Å². The molecule has 10 heteroatoms. The zero-order chi connectivity index (χ0) is 15.1. The Balaban J connectivity index is 1.96. The van der Waals surface area contributed by atoms with Gasteiger partial charge in [0.2, 0.25) is 0 Å². The molecule has 5 atom stereocenters. The van der Waals surface area contributed by atoms with E-state index >= 15 is 0 Å². The third-order valence-corrected chi connectivity index (χ3v) is 6.27. The molecule has 2 aromatic heterocycles. The molecule has 0 amide bonds. The first kappa shape index (κ1) is 15.0. The van der Waals surface area contributed by atoms with Crippen LogP contribution in [0.1, 0.15) is 6.23 Å². The molecule has 2 aromatic rings. The molecule has 3 N–H and O–H groups in total. The Morgan fingerprint density at radius 2 is 2.29 bits per heavy atom. The Bertz CT molecular complexity index is 694. The number of anilines is 1. The van der Waals surface area contributed by atoms with Gasteiger partial charge in [-0.25, -0.2) is 0 Å². The molecule has 1 radical (unpaired) electrons. The predicted molar refractivity (Wildman–Crippen MR) is 76.3 cm³/mol. The van der Waals surface area contributed by atoms with Gasteiger partial charge in [-0.05, 0) is 0 Å². The standard InChI is InChI=1S/C11H14N5O3Se2/c1-21(18)2-5-8(20)7(17)11(19-5)16-4-15-6-9(12)13-3-14-10(6)16/h3-5,7-8,11,17H,2H2,1H3,(H2,12,13,14)/t5-,7-,8-,11-,21?/m1/s1. The average molecular weight is 422 g/mol. The minimum atomic E-state index is -1.90. The molecule has 1 aliphatic heterocycles. The summed E-state index contributed by atoms with van der Waals surface area (Å²) in [6.45, 7) is 0. The summed E-state index contributed by atoms with van der Waals surface area (Å²) in [6, 6.07) is 0. The molecule has 0 aliphatic carbocycles. The molecular weight excluding hydrogens is 408 g/mol. The fourth-order valence-corrected chi connectivity index (χ4v) is 5.18. The van der Waals surface area contributed by atoms with Crippen molar-refractivity contribution < 1.29 is 13.7 Å². The third kappa shape index (κ3) is 2.63. The zero-order valence-electron chi connectivity index (χ0n) is 11.1. The Morgan fingerprint density at radius 1 is 1.52 bits per heavy atom. The number of ether oxygens (including phenoxy) is 1. The van der Waals surface area contributed by atoms with Gasteiger partial charge in [0.05, 0.1) is 0 Å². The van der Waals surface area contributed by atoms with Crippen molar-refractivity contribution in [2.45, 2.75) is 34.4 Å². The third-order valence-electron chi connectivity index (χ3n) is 3.37. The van der Waals surface area contributed by atoms with E-state index in [4.69, 9.17) is 10.5 Å². The number of aliphatic hydroxyl groups is 1. The van der Waals surface area contributed by atoms with Crippen LogP contribution in [-0.2, 0) is 8.57 Å². The van der Waals surface area contributed by atoms with E-state index in [1.807, 2.05) is 0 Å². The van der Waals surface area contributed by atoms with E-state index in [-0.39, 0.29) is 16.7 Å². The Labute approximate surface area is 133 Å². The summed E-state index contributed by atoms with van der Waals surface area (Å²) in [5.74, 6) is 1.98. The summed E-state index contributed by atoms with van der Waals surface area (Å²) in [5, 5.41) is 10.8. The molecule has 113 valence electrons. The first-order valence-corrected chi connectivity index (χ1v) is 10.8. The number of imidazole rings is 1. The second kappa shape index (κ2) is 5.72. The minimum absolute atomic E-state index is 0.230. The van der Waals surface area contributed by atoms with Crippen LogP contribution in [0.2, 0.25) is 16.0 Å². The fraction of sp³-hybridized carbons (Fsp3) is 0.545. The van der Waals surface area contributed by atoms with Gasteiger partial charge in [0.25, 0.3) is 0 Å². The first-order chi connectivity index (χ1) is 9.99. The first-order valence-electron chi connectivity index (χ1n) is 6.21. The SMILES string of the molecule is C[Se](=O)C[C@H]1O[C@@H](n2cnc3c(N)ncnc32)[C@H](O)[C@@H]1[Se]. The topological polar surface area (TPSA) is 116 Å². The molecule has 0 saturated carbocycles. The van der Waals surface area contributed by atoms with Crippen LogP contribution in [0.5, 0.6) is 0 Å². The van der Waals surface area contributed by atoms with Crippen LogP contribution in [0.3, 0.4) is 0 Å². The van der Waals surface area contributed by atoms with Crippen molar-refractivity contribution in [1.82, 2.24) is 19.5 Å². The molecule has 3 heterocycles. The van der Waals surface area contributed by atoms with Crippen LogP contribution in [-0.4, -0.2) is 66.7 Å². The average Bonchev–Trinajstić information content (AvgIpc) is 2.96. The summed E-state index contributed by atoms with van der Waals surface area (Å²) < 4.78 is 19.0. The van der Waals surface area contributed by atoms with Gasteiger partial charge < -0.3 is 0 Å². The van der Waals surface area contributed by atoms with Crippen LogP contribution < -0.4 is 5.73 Å². The molecule has 0 spiro atoms. The Hall–Kier alpha value is -0.891. The van der Waals surface area contributed by atoms with Crippen molar-refractivity contribution in [1.29, 1.82) is 0 Å². The molecule has 1 saturated heterocycles.